The van der Waals surface area contributed by atoms with Gasteiger partial charge in [-0.1, -0.05) is 41.5 Å². The molecule has 4 saturated carbocycles. The van der Waals surface area contributed by atoms with Crippen LogP contribution >= 0.6 is 0 Å². The van der Waals surface area contributed by atoms with Gasteiger partial charge in [-0.2, -0.15) is 0 Å². The first-order valence-electron chi connectivity index (χ1n) is 9.33. The van der Waals surface area contributed by atoms with Crippen LogP contribution in [-0.4, -0.2) is 22.4 Å². The van der Waals surface area contributed by atoms with Gasteiger partial charge in [0, 0.05) is 0 Å². The third-order valence-corrected chi connectivity index (χ3v) is 9.50. The fraction of sp³-hybridized carbons (Fsp3) is 1.00. The monoisotopic (exact) mass is 308 g/mol. The molecule has 0 unspecified atom stereocenters. The number of hydrogen-bond donors (Lipinski definition) is 2. The van der Waals surface area contributed by atoms with Crippen molar-refractivity contribution in [3.8, 4) is 0 Å². The molecule has 0 aliphatic heterocycles. The molecule has 0 spiro atoms. The Kier molecular flexibility index (Phi) is 3.60. The molecule has 0 amide bonds. The van der Waals surface area contributed by atoms with Crippen LogP contribution in [0.15, 0.2) is 0 Å². The molecule has 0 aromatic rings. The number of fused-ring (bicyclic) bond motifs is 4. The molecule has 4 aliphatic rings. The van der Waals surface area contributed by atoms with Gasteiger partial charge in [-0.3, -0.25) is 0 Å². The van der Waals surface area contributed by atoms with Crippen LogP contribution in [0.3, 0.4) is 0 Å². The first kappa shape index (κ1) is 16.8. The normalized spacial score (nSPS) is 53.5. The average molecular weight is 309 g/mol. The van der Waals surface area contributed by atoms with Gasteiger partial charge < -0.3 is 10.2 Å². The van der Waals surface area contributed by atoms with Crippen molar-refractivity contribution in [2.75, 3.05) is 0 Å². The summed E-state index contributed by atoms with van der Waals surface area (Å²) in [6, 6.07) is 0. The molecule has 4 bridgehead atoms. The zero-order valence-corrected chi connectivity index (χ0v) is 15.4. The van der Waals surface area contributed by atoms with Gasteiger partial charge in [0.15, 0.2) is 0 Å². The topological polar surface area (TPSA) is 40.5 Å². The zero-order valence-electron chi connectivity index (χ0n) is 15.4. The first-order chi connectivity index (χ1) is 9.97. The van der Waals surface area contributed by atoms with Crippen LogP contribution in [0.25, 0.3) is 0 Å². The second kappa shape index (κ2) is 4.72. The van der Waals surface area contributed by atoms with Gasteiger partial charge in [0.25, 0.3) is 0 Å². The Bertz CT molecular complexity index is 413. The maximum atomic E-state index is 9.81. The minimum absolute atomic E-state index is 0.0313. The minimum atomic E-state index is -0.0313. The van der Waals surface area contributed by atoms with Crippen LogP contribution in [0.5, 0.6) is 0 Å². The Morgan fingerprint density at radius 3 is 1.05 bits per heavy atom. The van der Waals surface area contributed by atoms with Gasteiger partial charge >= 0.3 is 0 Å². The number of hydrogen-bond acceptors (Lipinski definition) is 2. The lowest BCUT2D eigenvalue weighted by atomic mass is 9.70. The van der Waals surface area contributed by atoms with Gasteiger partial charge in [-0.05, 0) is 72.0 Å². The highest BCUT2D eigenvalue weighted by molar-refractivity contribution is 5.11. The molecular weight excluding hydrogens is 272 g/mol. The summed E-state index contributed by atoms with van der Waals surface area (Å²) in [4.78, 5) is 0. The lowest BCUT2D eigenvalue weighted by molar-refractivity contribution is 0.0125. The van der Waals surface area contributed by atoms with Crippen LogP contribution in [0.4, 0.5) is 0 Å². The van der Waals surface area contributed by atoms with E-state index in [4.69, 9.17) is 0 Å². The van der Waals surface area contributed by atoms with Crippen molar-refractivity contribution >= 4 is 0 Å². The molecule has 4 fully saturated rings. The summed E-state index contributed by atoms with van der Waals surface area (Å²) < 4.78 is 0. The Morgan fingerprint density at radius 2 is 0.955 bits per heavy atom. The van der Waals surface area contributed by atoms with E-state index in [9.17, 15) is 10.2 Å². The van der Waals surface area contributed by atoms with E-state index in [0.29, 0.717) is 10.8 Å². The summed E-state index contributed by atoms with van der Waals surface area (Å²) in [6.07, 6.45) is 7.15. The molecule has 0 saturated heterocycles. The largest absolute Gasteiger partial charge is 0.393 e. The van der Waals surface area contributed by atoms with E-state index in [-0.39, 0.29) is 23.0 Å². The number of aliphatic hydroxyl groups excluding tert-OH is 2. The van der Waals surface area contributed by atoms with Crippen molar-refractivity contribution in [3.05, 3.63) is 0 Å². The fourth-order valence-electron chi connectivity index (χ4n) is 6.32. The standard InChI is InChI=1S/2C10H18O/c2*1-9(2)7-4-5-10(9,3)8(11)6-7/h2*7-8,11H,4-6H2,1-3H3/t2*7-,8+,10-/m11/s1. The van der Waals surface area contributed by atoms with Gasteiger partial charge in [-0.25, -0.2) is 0 Å². The van der Waals surface area contributed by atoms with Crippen LogP contribution in [0.1, 0.15) is 80.1 Å². The van der Waals surface area contributed by atoms with E-state index >= 15 is 0 Å². The Hall–Kier alpha value is -0.0800. The van der Waals surface area contributed by atoms with Gasteiger partial charge in [0.2, 0.25) is 0 Å². The molecule has 2 heteroatoms. The van der Waals surface area contributed by atoms with Crippen LogP contribution in [0, 0.1) is 33.5 Å². The molecule has 0 radical (unpaired) electrons. The van der Waals surface area contributed by atoms with E-state index in [0.717, 1.165) is 24.7 Å². The van der Waals surface area contributed by atoms with Crippen molar-refractivity contribution in [1.82, 2.24) is 0 Å². The van der Waals surface area contributed by atoms with Crippen molar-refractivity contribution in [2.45, 2.75) is 92.3 Å². The predicted molar refractivity (Wildman–Crippen MR) is 90.5 cm³/mol. The molecule has 4 rings (SSSR count). The molecule has 0 aromatic heterocycles. The molecular formula is C20H36O2. The summed E-state index contributed by atoms with van der Waals surface area (Å²) in [5, 5.41) is 19.6. The first-order valence-corrected chi connectivity index (χ1v) is 9.33. The maximum Gasteiger partial charge on any atom is 0.0601 e. The summed E-state index contributed by atoms with van der Waals surface area (Å²) >= 11 is 0. The Labute approximate surface area is 136 Å². The lowest BCUT2D eigenvalue weighted by Crippen LogP contribution is -2.35. The summed E-state index contributed by atoms with van der Waals surface area (Å²) in [5.41, 5.74) is 1.20. The highest BCUT2D eigenvalue weighted by Crippen LogP contribution is 2.66. The van der Waals surface area contributed by atoms with E-state index in [1.807, 2.05) is 0 Å². The molecule has 22 heavy (non-hydrogen) atoms. The van der Waals surface area contributed by atoms with Crippen molar-refractivity contribution in [3.63, 3.8) is 0 Å². The van der Waals surface area contributed by atoms with Crippen LogP contribution in [-0.2, 0) is 0 Å². The predicted octanol–water partition coefficient (Wildman–Crippen LogP) is 4.39. The van der Waals surface area contributed by atoms with E-state index in [2.05, 4.69) is 41.5 Å². The van der Waals surface area contributed by atoms with Crippen molar-refractivity contribution in [2.24, 2.45) is 33.5 Å². The SMILES string of the molecule is CC1(C)[C@@H]2CC[C@]1(C)[C@@H](O)C2.CC1(C)[C@@H]2CC[C@]1(C)[C@@H](O)C2. The second-order valence-corrected chi connectivity index (χ2v) is 10.3. The minimum Gasteiger partial charge on any atom is -0.393 e. The smallest absolute Gasteiger partial charge is 0.0601 e. The fourth-order valence-corrected chi connectivity index (χ4v) is 6.32. The van der Waals surface area contributed by atoms with Gasteiger partial charge in [0.05, 0.1) is 12.2 Å². The van der Waals surface area contributed by atoms with Gasteiger partial charge in [0.1, 0.15) is 0 Å². The quantitative estimate of drug-likeness (QED) is 0.697. The molecule has 6 atom stereocenters. The van der Waals surface area contributed by atoms with E-state index in [1.54, 1.807) is 0 Å². The Balaban J connectivity index is 0.000000131. The lowest BCUT2D eigenvalue weighted by Gasteiger charge is -2.36. The molecule has 128 valence electrons. The highest BCUT2D eigenvalue weighted by atomic mass is 16.3. The molecule has 0 heterocycles. The Morgan fingerprint density at radius 1 is 0.636 bits per heavy atom. The summed E-state index contributed by atoms with van der Waals surface area (Å²) in [5.74, 6) is 1.56. The number of aliphatic hydroxyl groups is 2. The zero-order chi connectivity index (χ0) is 16.6. The molecule has 2 N–H and O–H groups in total. The highest BCUT2D eigenvalue weighted by Gasteiger charge is 2.61. The van der Waals surface area contributed by atoms with Crippen molar-refractivity contribution < 1.29 is 10.2 Å². The maximum absolute atomic E-state index is 9.81. The summed E-state index contributed by atoms with van der Waals surface area (Å²) in [6.45, 7) is 13.8. The molecule has 0 aromatic carbocycles. The van der Waals surface area contributed by atoms with E-state index < -0.39 is 0 Å². The van der Waals surface area contributed by atoms with Crippen molar-refractivity contribution in [1.29, 1.82) is 0 Å². The van der Waals surface area contributed by atoms with Crippen LogP contribution in [0.2, 0.25) is 0 Å². The van der Waals surface area contributed by atoms with E-state index in [1.165, 1.54) is 25.7 Å². The van der Waals surface area contributed by atoms with Crippen LogP contribution < -0.4 is 0 Å². The molecule has 4 aliphatic carbocycles. The third-order valence-electron chi connectivity index (χ3n) is 9.50. The number of rotatable bonds is 0. The molecule has 2 nitrogen and oxygen atoms in total. The second-order valence-electron chi connectivity index (χ2n) is 10.3. The van der Waals surface area contributed by atoms with Gasteiger partial charge in [-0.15, -0.1) is 0 Å². The third kappa shape index (κ3) is 1.86. The average Bonchev–Trinajstić information content (AvgIpc) is 2.91. The summed E-state index contributed by atoms with van der Waals surface area (Å²) in [7, 11) is 0.